The lowest BCUT2D eigenvalue weighted by atomic mass is 10.1. The highest BCUT2D eigenvalue weighted by molar-refractivity contribution is 5.94. The Morgan fingerprint density at radius 3 is 2.81 bits per heavy atom. The van der Waals surface area contributed by atoms with Crippen LogP contribution in [0.4, 0.5) is 5.69 Å². The molecule has 21 heavy (non-hydrogen) atoms. The van der Waals surface area contributed by atoms with Gasteiger partial charge in [-0.1, -0.05) is 25.8 Å². The lowest BCUT2D eigenvalue weighted by Crippen LogP contribution is -2.35. The molecule has 2 amide bonds. The fourth-order valence-electron chi connectivity index (χ4n) is 1.67. The van der Waals surface area contributed by atoms with E-state index >= 15 is 0 Å². The third kappa shape index (κ3) is 6.27. The summed E-state index contributed by atoms with van der Waals surface area (Å²) < 4.78 is 5.31. The van der Waals surface area contributed by atoms with Crippen molar-refractivity contribution in [3.05, 3.63) is 24.3 Å². The van der Waals surface area contributed by atoms with Crippen molar-refractivity contribution in [2.45, 2.75) is 32.2 Å². The summed E-state index contributed by atoms with van der Waals surface area (Å²) in [7, 11) is 1.54. The molecule has 1 aromatic rings. The zero-order chi connectivity index (χ0) is 15.7. The fourth-order valence-corrected chi connectivity index (χ4v) is 1.67. The van der Waals surface area contributed by atoms with E-state index < -0.39 is 6.04 Å². The SMILES string of the molecule is CCCCC(N)C(=O)Nc1cccc(OCC(=O)NC)c1. The molecule has 6 heteroatoms. The van der Waals surface area contributed by atoms with Crippen molar-refractivity contribution in [2.24, 2.45) is 5.73 Å². The maximum atomic E-state index is 11.9. The Bertz CT molecular complexity index is 477. The minimum atomic E-state index is -0.514. The Morgan fingerprint density at radius 2 is 2.14 bits per heavy atom. The third-order valence-electron chi connectivity index (χ3n) is 2.96. The van der Waals surface area contributed by atoms with Crippen LogP contribution in [-0.2, 0) is 9.59 Å². The molecule has 116 valence electrons. The second kappa shape index (κ2) is 8.97. The van der Waals surface area contributed by atoms with E-state index in [0.29, 0.717) is 17.9 Å². The molecule has 1 aromatic carbocycles. The number of carbonyl (C=O) groups is 2. The first-order valence-corrected chi connectivity index (χ1v) is 7.06. The van der Waals surface area contributed by atoms with Crippen LogP contribution in [0.5, 0.6) is 5.75 Å². The average Bonchev–Trinajstić information content (AvgIpc) is 2.50. The van der Waals surface area contributed by atoms with Gasteiger partial charge in [0, 0.05) is 18.8 Å². The first kappa shape index (κ1) is 17.0. The van der Waals surface area contributed by atoms with E-state index in [0.717, 1.165) is 12.8 Å². The molecule has 0 spiro atoms. The second-order valence-corrected chi connectivity index (χ2v) is 4.73. The summed E-state index contributed by atoms with van der Waals surface area (Å²) in [6.07, 6.45) is 2.59. The molecular formula is C15H23N3O3. The smallest absolute Gasteiger partial charge is 0.257 e. The molecule has 0 aromatic heterocycles. The van der Waals surface area contributed by atoms with Crippen LogP contribution in [0, 0.1) is 0 Å². The molecule has 0 bridgehead atoms. The fraction of sp³-hybridized carbons (Fsp3) is 0.467. The summed E-state index contributed by atoms with van der Waals surface area (Å²) in [6, 6.07) is 6.35. The number of nitrogens with one attached hydrogen (secondary N) is 2. The summed E-state index contributed by atoms with van der Waals surface area (Å²) in [4.78, 5) is 23.0. The van der Waals surface area contributed by atoms with Gasteiger partial charge in [-0.3, -0.25) is 9.59 Å². The number of benzene rings is 1. The molecule has 6 nitrogen and oxygen atoms in total. The maximum Gasteiger partial charge on any atom is 0.257 e. The van der Waals surface area contributed by atoms with Crippen LogP contribution in [0.1, 0.15) is 26.2 Å². The van der Waals surface area contributed by atoms with Crippen LogP contribution in [-0.4, -0.2) is 31.5 Å². The van der Waals surface area contributed by atoms with E-state index in [1.807, 2.05) is 0 Å². The van der Waals surface area contributed by atoms with E-state index in [1.165, 1.54) is 0 Å². The van der Waals surface area contributed by atoms with Crippen molar-refractivity contribution in [2.75, 3.05) is 19.0 Å². The van der Waals surface area contributed by atoms with Gasteiger partial charge in [0.1, 0.15) is 5.75 Å². The first-order valence-electron chi connectivity index (χ1n) is 7.06. The van der Waals surface area contributed by atoms with Gasteiger partial charge in [-0.05, 0) is 18.6 Å². The van der Waals surface area contributed by atoms with Gasteiger partial charge in [0.25, 0.3) is 5.91 Å². The number of amides is 2. The number of anilines is 1. The number of rotatable bonds is 8. The van der Waals surface area contributed by atoms with Gasteiger partial charge in [0.15, 0.2) is 6.61 Å². The summed E-state index contributed by atoms with van der Waals surface area (Å²) >= 11 is 0. The van der Waals surface area contributed by atoms with E-state index in [-0.39, 0.29) is 18.4 Å². The predicted octanol–water partition coefficient (Wildman–Crippen LogP) is 1.27. The van der Waals surface area contributed by atoms with Gasteiger partial charge in [-0.2, -0.15) is 0 Å². The lowest BCUT2D eigenvalue weighted by molar-refractivity contribution is -0.122. The van der Waals surface area contributed by atoms with Crippen molar-refractivity contribution < 1.29 is 14.3 Å². The van der Waals surface area contributed by atoms with Crippen molar-refractivity contribution in [1.82, 2.24) is 5.32 Å². The Labute approximate surface area is 125 Å². The van der Waals surface area contributed by atoms with Crippen LogP contribution < -0.4 is 21.1 Å². The number of unbranched alkanes of at least 4 members (excludes halogenated alkanes) is 1. The highest BCUT2D eigenvalue weighted by Gasteiger charge is 2.13. The topological polar surface area (TPSA) is 93.5 Å². The van der Waals surface area contributed by atoms with Crippen LogP contribution in [0.15, 0.2) is 24.3 Å². The Hall–Kier alpha value is -2.08. The zero-order valence-corrected chi connectivity index (χ0v) is 12.5. The Balaban J connectivity index is 2.55. The molecule has 1 atom stereocenters. The highest BCUT2D eigenvalue weighted by atomic mass is 16.5. The van der Waals surface area contributed by atoms with Crippen LogP contribution in [0.3, 0.4) is 0 Å². The van der Waals surface area contributed by atoms with Gasteiger partial charge in [0.2, 0.25) is 5.91 Å². The predicted molar refractivity (Wildman–Crippen MR) is 82.1 cm³/mol. The number of nitrogens with two attached hydrogens (primary N) is 1. The van der Waals surface area contributed by atoms with E-state index in [1.54, 1.807) is 31.3 Å². The quantitative estimate of drug-likeness (QED) is 0.673. The van der Waals surface area contributed by atoms with Crippen LogP contribution in [0.2, 0.25) is 0 Å². The van der Waals surface area contributed by atoms with Crippen molar-refractivity contribution in [1.29, 1.82) is 0 Å². The van der Waals surface area contributed by atoms with Gasteiger partial charge in [-0.25, -0.2) is 0 Å². The summed E-state index contributed by atoms with van der Waals surface area (Å²) in [5, 5.41) is 5.21. The molecule has 0 saturated heterocycles. The van der Waals surface area contributed by atoms with Crippen LogP contribution in [0.25, 0.3) is 0 Å². The molecule has 4 N–H and O–H groups in total. The number of hydrogen-bond acceptors (Lipinski definition) is 4. The molecule has 0 aliphatic rings. The van der Waals surface area contributed by atoms with Gasteiger partial charge < -0.3 is 21.1 Å². The summed E-state index contributed by atoms with van der Waals surface area (Å²) in [5.41, 5.74) is 6.41. The second-order valence-electron chi connectivity index (χ2n) is 4.73. The molecule has 0 saturated carbocycles. The lowest BCUT2D eigenvalue weighted by Gasteiger charge is -2.12. The molecule has 0 aliphatic heterocycles. The zero-order valence-electron chi connectivity index (χ0n) is 12.5. The van der Waals surface area contributed by atoms with Gasteiger partial charge in [0.05, 0.1) is 6.04 Å². The molecule has 1 unspecified atom stereocenters. The first-order chi connectivity index (χ1) is 10.1. The van der Waals surface area contributed by atoms with Crippen molar-refractivity contribution >= 4 is 17.5 Å². The molecular weight excluding hydrogens is 270 g/mol. The monoisotopic (exact) mass is 293 g/mol. The van der Waals surface area contributed by atoms with E-state index in [4.69, 9.17) is 10.5 Å². The van der Waals surface area contributed by atoms with Gasteiger partial charge >= 0.3 is 0 Å². The van der Waals surface area contributed by atoms with E-state index in [2.05, 4.69) is 17.6 Å². The maximum absolute atomic E-state index is 11.9. The highest BCUT2D eigenvalue weighted by Crippen LogP contribution is 2.17. The minimum Gasteiger partial charge on any atom is -0.484 e. The Morgan fingerprint density at radius 1 is 1.38 bits per heavy atom. The number of carbonyl (C=O) groups excluding carboxylic acids is 2. The number of likely N-dealkylation sites (N-methyl/N-ethyl adjacent to an activating group) is 1. The average molecular weight is 293 g/mol. The third-order valence-corrected chi connectivity index (χ3v) is 2.96. The molecule has 0 aliphatic carbocycles. The van der Waals surface area contributed by atoms with E-state index in [9.17, 15) is 9.59 Å². The molecule has 0 heterocycles. The summed E-state index contributed by atoms with van der Waals surface area (Å²) in [5.74, 6) is 0.0801. The standard InChI is InChI=1S/C15H23N3O3/c1-3-4-8-13(16)15(20)18-11-6-5-7-12(9-11)21-10-14(19)17-2/h5-7,9,13H,3-4,8,10,16H2,1-2H3,(H,17,19)(H,18,20). The van der Waals surface area contributed by atoms with Gasteiger partial charge in [-0.15, -0.1) is 0 Å². The largest absolute Gasteiger partial charge is 0.484 e. The van der Waals surface area contributed by atoms with Crippen molar-refractivity contribution in [3.8, 4) is 5.75 Å². The summed E-state index contributed by atoms with van der Waals surface area (Å²) in [6.45, 7) is 1.99. The number of hydrogen-bond donors (Lipinski definition) is 3. The Kier molecular flexibility index (Phi) is 7.25. The normalized spacial score (nSPS) is 11.6. The molecule has 1 rings (SSSR count). The van der Waals surface area contributed by atoms with Crippen molar-refractivity contribution in [3.63, 3.8) is 0 Å². The number of ether oxygens (including phenoxy) is 1. The molecule has 0 fully saturated rings. The molecule has 0 radical (unpaired) electrons. The van der Waals surface area contributed by atoms with Crippen LogP contribution >= 0.6 is 0 Å². The minimum absolute atomic E-state index is 0.0656.